The van der Waals surface area contributed by atoms with Gasteiger partial charge in [0.25, 0.3) is 11.8 Å². The Bertz CT molecular complexity index is 1040. The minimum absolute atomic E-state index is 0.157. The smallest absolute Gasteiger partial charge is 0.408 e. The van der Waals surface area contributed by atoms with Gasteiger partial charge in [0.15, 0.2) is 5.54 Å². The molecular weight excluding hydrogens is 400 g/mol. The Morgan fingerprint density at radius 1 is 0.968 bits per heavy atom. The van der Waals surface area contributed by atoms with E-state index in [2.05, 4.69) is 5.32 Å². The van der Waals surface area contributed by atoms with E-state index < -0.39 is 35.0 Å². The zero-order valence-electron chi connectivity index (χ0n) is 17.4. The summed E-state index contributed by atoms with van der Waals surface area (Å²) in [5, 5.41) is 3.06. The fourth-order valence-electron chi connectivity index (χ4n) is 3.67. The molecule has 1 N–H and O–H groups in total. The third-order valence-corrected chi connectivity index (χ3v) is 5.18. The molecule has 1 heterocycles. The molecule has 1 fully saturated rings. The van der Waals surface area contributed by atoms with E-state index >= 15 is 0 Å². The van der Waals surface area contributed by atoms with Gasteiger partial charge in [0, 0.05) is 5.92 Å². The van der Waals surface area contributed by atoms with Gasteiger partial charge in [0.1, 0.15) is 5.60 Å². The second-order valence-electron chi connectivity index (χ2n) is 8.59. The number of hydrogen-bond acceptors (Lipinski definition) is 6. The van der Waals surface area contributed by atoms with Crippen LogP contribution in [0.25, 0.3) is 0 Å². The zero-order chi connectivity index (χ0) is 22.4. The average molecular weight is 422 g/mol. The monoisotopic (exact) mass is 422 g/mol. The first-order valence-electron chi connectivity index (χ1n) is 9.89. The summed E-state index contributed by atoms with van der Waals surface area (Å²) in [6, 6.07) is 15.4. The normalized spacial score (nSPS) is 22.0. The summed E-state index contributed by atoms with van der Waals surface area (Å²) < 4.78 is 5.31. The maximum Gasteiger partial charge on any atom is 0.408 e. The highest BCUT2D eigenvalue weighted by Gasteiger charge is 2.65. The van der Waals surface area contributed by atoms with E-state index in [0.717, 1.165) is 5.56 Å². The Balaban J connectivity index is 1.58. The Morgan fingerprint density at radius 2 is 1.52 bits per heavy atom. The number of hydroxylamine groups is 2. The molecule has 3 amide bonds. The summed E-state index contributed by atoms with van der Waals surface area (Å²) in [6.45, 7) is 5.12. The van der Waals surface area contributed by atoms with Gasteiger partial charge in [-0.2, -0.15) is 0 Å². The number of amides is 3. The van der Waals surface area contributed by atoms with Crippen LogP contribution in [-0.2, 0) is 14.4 Å². The van der Waals surface area contributed by atoms with Gasteiger partial charge in [0.05, 0.1) is 11.1 Å². The number of carbonyl (C=O) groups excluding carboxylic acids is 4. The minimum atomic E-state index is -1.45. The lowest BCUT2D eigenvalue weighted by molar-refractivity contribution is -0.172. The lowest BCUT2D eigenvalue weighted by Gasteiger charge is -2.24. The summed E-state index contributed by atoms with van der Waals surface area (Å²) in [6.07, 6.45) is -0.539. The molecule has 2 aromatic carbocycles. The number of hydrogen-bond donors (Lipinski definition) is 1. The van der Waals surface area contributed by atoms with Crippen molar-refractivity contribution in [2.45, 2.75) is 44.2 Å². The molecule has 0 aromatic heterocycles. The molecule has 4 rings (SSSR count). The van der Waals surface area contributed by atoms with Crippen LogP contribution in [0.4, 0.5) is 4.79 Å². The van der Waals surface area contributed by atoms with E-state index in [1.807, 2.05) is 30.3 Å². The van der Waals surface area contributed by atoms with Crippen LogP contribution in [-0.4, -0.2) is 40.1 Å². The molecule has 1 aliphatic carbocycles. The second-order valence-corrected chi connectivity index (χ2v) is 8.59. The number of ether oxygens (including phenoxy) is 1. The maximum absolute atomic E-state index is 13.2. The van der Waals surface area contributed by atoms with Gasteiger partial charge >= 0.3 is 12.1 Å². The quantitative estimate of drug-likeness (QED) is 0.760. The number of benzene rings is 2. The first-order valence-corrected chi connectivity index (χ1v) is 9.89. The van der Waals surface area contributed by atoms with Crippen molar-refractivity contribution in [3.63, 3.8) is 0 Å². The minimum Gasteiger partial charge on any atom is -0.444 e. The lowest BCUT2D eigenvalue weighted by Crippen LogP contribution is -2.49. The van der Waals surface area contributed by atoms with Crippen LogP contribution >= 0.6 is 0 Å². The van der Waals surface area contributed by atoms with Crippen molar-refractivity contribution in [3.05, 3.63) is 71.3 Å². The van der Waals surface area contributed by atoms with Crippen molar-refractivity contribution in [2.75, 3.05) is 0 Å². The number of nitrogens with zero attached hydrogens (tertiary/aromatic N) is 1. The molecule has 0 saturated heterocycles. The number of rotatable bonds is 4. The lowest BCUT2D eigenvalue weighted by atomic mass is 10.1. The number of fused-ring (bicyclic) bond motifs is 1. The first-order chi connectivity index (χ1) is 14.6. The van der Waals surface area contributed by atoms with Crippen LogP contribution in [0.15, 0.2) is 54.6 Å². The topological polar surface area (TPSA) is 102 Å². The van der Waals surface area contributed by atoms with Gasteiger partial charge < -0.3 is 14.9 Å². The molecule has 2 atom stereocenters. The maximum atomic E-state index is 13.2. The van der Waals surface area contributed by atoms with Crippen molar-refractivity contribution in [1.29, 1.82) is 0 Å². The molecule has 8 nitrogen and oxygen atoms in total. The molecular formula is C23H22N2O6. The van der Waals surface area contributed by atoms with Crippen molar-refractivity contribution >= 4 is 23.9 Å². The van der Waals surface area contributed by atoms with Crippen molar-refractivity contribution in [3.8, 4) is 0 Å². The fourth-order valence-corrected chi connectivity index (χ4v) is 3.67. The third kappa shape index (κ3) is 3.76. The Labute approximate surface area is 179 Å². The van der Waals surface area contributed by atoms with E-state index in [4.69, 9.17) is 9.57 Å². The highest BCUT2D eigenvalue weighted by molar-refractivity contribution is 6.21. The summed E-state index contributed by atoms with van der Waals surface area (Å²) in [5.74, 6) is -2.73. The Hall–Kier alpha value is -3.68. The molecule has 0 radical (unpaired) electrons. The SMILES string of the molecule is CC(C)(C)OC(=O)NC1(C(=O)ON2C(=O)c3ccccc3C2=O)CC1c1ccccc1. The van der Waals surface area contributed by atoms with E-state index in [0.29, 0.717) is 5.06 Å². The zero-order valence-corrected chi connectivity index (χ0v) is 17.4. The number of carbonyl (C=O) groups is 4. The molecule has 0 bridgehead atoms. The standard InChI is InChI=1S/C23H22N2O6/c1-22(2,3)30-21(29)24-23(13-17(23)14-9-5-4-6-10-14)20(28)31-25-18(26)15-11-7-8-12-16(15)19(25)27/h4-12,17H,13H2,1-3H3,(H,24,29). The third-order valence-electron chi connectivity index (χ3n) is 5.18. The van der Waals surface area contributed by atoms with Gasteiger partial charge in [0.2, 0.25) is 0 Å². The second kappa shape index (κ2) is 7.23. The first kappa shape index (κ1) is 20.6. The van der Waals surface area contributed by atoms with E-state index in [-0.39, 0.29) is 23.5 Å². The molecule has 160 valence electrons. The summed E-state index contributed by atoms with van der Waals surface area (Å²) in [4.78, 5) is 56.0. The fraction of sp³-hybridized carbons (Fsp3) is 0.304. The van der Waals surface area contributed by atoms with Crippen LogP contribution in [0.5, 0.6) is 0 Å². The molecule has 2 unspecified atom stereocenters. The molecule has 31 heavy (non-hydrogen) atoms. The summed E-state index contributed by atoms with van der Waals surface area (Å²) in [5.41, 5.74) is -1.08. The molecule has 1 saturated carbocycles. The molecule has 2 aromatic rings. The van der Waals surface area contributed by atoms with E-state index in [1.165, 1.54) is 12.1 Å². The van der Waals surface area contributed by atoms with Crippen LogP contribution in [0.1, 0.15) is 59.4 Å². The summed E-state index contributed by atoms with van der Waals surface area (Å²) >= 11 is 0. The van der Waals surface area contributed by atoms with E-state index in [9.17, 15) is 19.2 Å². The van der Waals surface area contributed by atoms with Crippen LogP contribution in [0.2, 0.25) is 0 Å². The van der Waals surface area contributed by atoms with Crippen LogP contribution in [0, 0.1) is 0 Å². The van der Waals surface area contributed by atoms with Gasteiger partial charge in [-0.1, -0.05) is 47.5 Å². The van der Waals surface area contributed by atoms with Crippen molar-refractivity contribution < 1.29 is 28.8 Å². The van der Waals surface area contributed by atoms with Gasteiger partial charge in [-0.15, -0.1) is 0 Å². The van der Waals surface area contributed by atoms with Gasteiger partial charge in [-0.3, -0.25) is 9.59 Å². The number of nitrogens with one attached hydrogen (secondary N) is 1. The highest BCUT2D eigenvalue weighted by Crippen LogP contribution is 2.52. The predicted octanol–water partition coefficient (Wildman–Crippen LogP) is 3.19. The highest BCUT2D eigenvalue weighted by atomic mass is 16.7. The largest absolute Gasteiger partial charge is 0.444 e. The molecule has 1 aliphatic heterocycles. The van der Waals surface area contributed by atoms with Crippen LogP contribution < -0.4 is 5.32 Å². The molecule has 8 heteroatoms. The Morgan fingerprint density at radius 3 is 2.06 bits per heavy atom. The number of alkyl carbamates (subject to hydrolysis) is 1. The van der Waals surface area contributed by atoms with E-state index in [1.54, 1.807) is 32.9 Å². The Kier molecular flexibility index (Phi) is 4.80. The van der Waals surface area contributed by atoms with Crippen molar-refractivity contribution in [2.24, 2.45) is 0 Å². The van der Waals surface area contributed by atoms with Gasteiger partial charge in [-0.25, -0.2) is 9.59 Å². The average Bonchev–Trinajstić information content (AvgIpc) is 3.39. The number of imide groups is 1. The molecule has 0 spiro atoms. The molecule has 2 aliphatic rings. The summed E-state index contributed by atoms with van der Waals surface area (Å²) in [7, 11) is 0. The van der Waals surface area contributed by atoms with Crippen molar-refractivity contribution in [1.82, 2.24) is 10.4 Å². The predicted molar refractivity (Wildman–Crippen MR) is 109 cm³/mol. The van der Waals surface area contributed by atoms with Crippen LogP contribution in [0.3, 0.4) is 0 Å². The van der Waals surface area contributed by atoms with Gasteiger partial charge in [-0.05, 0) is 44.9 Å².